The van der Waals surface area contributed by atoms with Crippen LogP contribution < -0.4 is 5.73 Å². The van der Waals surface area contributed by atoms with Crippen molar-refractivity contribution in [3.63, 3.8) is 0 Å². The Morgan fingerprint density at radius 1 is 1.39 bits per heavy atom. The number of aromatic nitrogens is 1. The smallest absolute Gasteiger partial charge is 0.417 e. The number of hydrogen-bond acceptors (Lipinski definition) is 3. The highest BCUT2D eigenvalue weighted by Crippen LogP contribution is 2.29. The molecule has 1 amide bonds. The van der Waals surface area contributed by atoms with Crippen molar-refractivity contribution in [3.05, 3.63) is 29.6 Å². The summed E-state index contributed by atoms with van der Waals surface area (Å²) >= 11 is 0. The lowest BCUT2D eigenvalue weighted by atomic mass is 9.99. The van der Waals surface area contributed by atoms with Crippen LogP contribution in [0.5, 0.6) is 0 Å². The van der Waals surface area contributed by atoms with Gasteiger partial charge < -0.3 is 10.5 Å². The minimum Gasteiger partial charge on any atom is -0.443 e. The molecule has 0 fully saturated rings. The van der Waals surface area contributed by atoms with Crippen molar-refractivity contribution in [2.45, 2.75) is 32.0 Å². The zero-order valence-electron chi connectivity index (χ0n) is 9.91. The molecule has 0 aliphatic carbocycles. The number of amides is 1. The van der Waals surface area contributed by atoms with Crippen molar-refractivity contribution in [2.24, 2.45) is 5.73 Å². The Hall–Kier alpha value is -1.79. The molecule has 0 saturated heterocycles. The van der Waals surface area contributed by atoms with Crippen LogP contribution in [0.2, 0.25) is 0 Å². The highest BCUT2D eigenvalue weighted by molar-refractivity contribution is 5.65. The molecule has 0 aromatic carbocycles. The van der Waals surface area contributed by atoms with Gasteiger partial charge in [0.1, 0.15) is 5.60 Å². The van der Waals surface area contributed by atoms with Crippen molar-refractivity contribution >= 4 is 6.09 Å². The maximum Gasteiger partial charge on any atom is 0.417 e. The van der Waals surface area contributed by atoms with E-state index in [9.17, 15) is 18.0 Å². The Kier molecular flexibility index (Phi) is 3.83. The third-order valence-electron chi connectivity index (χ3n) is 2.13. The first kappa shape index (κ1) is 14.3. The summed E-state index contributed by atoms with van der Waals surface area (Å²) in [7, 11) is 0. The van der Waals surface area contributed by atoms with Crippen molar-refractivity contribution < 1.29 is 22.7 Å². The van der Waals surface area contributed by atoms with Gasteiger partial charge in [0.05, 0.1) is 5.56 Å². The van der Waals surface area contributed by atoms with Crippen molar-refractivity contribution in [2.75, 3.05) is 0 Å². The molecule has 1 aromatic heterocycles. The Labute approximate surface area is 102 Å². The van der Waals surface area contributed by atoms with E-state index in [1.807, 2.05) is 0 Å². The van der Waals surface area contributed by atoms with Crippen molar-refractivity contribution in [3.8, 4) is 0 Å². The molecular formula is C11H13F3N2O2. The molecule has 0 unspecified atom stereocenters. The molecular weight excluding hydrogens is 249 g/mol. The number of hydrogen-bond donors (Lipinski definition) is 1. The van der Waals surface area contributed by atoms with Crippen LogP contribution in [0.25, 0.3) is 0 Å². The second-order valence-electron chi connectivity index (χ2n) is 4.44. The zero-order valence-corrected chi connectivity index (χ0v) is 9.91. The fourth-order valence-electron chi connectivity index (χ4n) is 1.54. The fraction of sp³-hybridized carbons (Fsp3) is 0.455. The summed E-state index contributed by atoms with van der Waals surface area (Å²) in [4.78, 5) is 14.2. The lowest BCUT2D eigenvalue weighted by molar-refractivity contribution is -0.137. The van der Waals surface area contributed by atoms with Gasteiger partial charge in [0.15, 0.2) is 0 Å². The first-order chi connectivity index (χ1) is 8.10. The van der Waals surface area contributed by atoms with Crippen LogP contribution in [0.3, 0.4) is 0 Å². The van der Waals surface area contributed by atoms with E-state index < -0.39 is 23.4 Å². The van der Waals surface area contributed by atoms with Gasteiger partial charge in [-0.05, 0) is 25.5 Å². The molecule has 100 valence electrons. The molecule has 4 nitrogen and oxygen atoms in total. The summed E-state index contributed by atoms with van der Waals surface area (Å²) in [5.74, 6) is 0. The van der Waals surface area contributed by atoms with Crippen LogP contribution in [0.15, 0.2) is 18.5 Å². The van der Waals surface area contributed by atoms with E-state index in [0.29, 0.717) is 5.56 Å². The van der Waals surface area contributed by atoms with Crippen LogP contribution in [-0.2, 0) is 17.3 Å². The van der Waals surface area contributed by atoms with E-state index in [0.717, 1.165) is 12.3 Å². The SMILES string of the molecule is CC(C)(Cc1cncc(C(F)(F)F)c1)OC(N)=O. The highest BCUT2D eigenvalue weighted by Gasteiger charge is 2.32. The number of pyridine rings is 1. The molecule has 1 aromatic rings. The molecule has 7 heteroatoms. The first-order valence-corrected chi connectivity index (χ1v) is 5.10. The zero-order chi connectivity index (χ0) is 14.0. The van der Waals surface area contributed by atoms with Crippen LogP contribution >= 0.6 is 0 Å². The van der Waals surface area contributed by atoms with Crippen LogP contribution in [-0.4, -0.2) is 16.7 Å². The Bertz CT molecular complexity index is 444. The van der Waals surface area contributed by atoms with E-state index in [1.54, 1.807) is 13.8 Å². The van der Waals surface area contributed by atoms with Gasteiger partial charge in [0, 0.05) is 18.8 Å². The largest absolute Gasteiger partial charge is 0.443 e. The van der Waals surface area contributed by atoms with Gasteiger partial charge in [-0.25, -0.2) is 4.79 Å². The van der Waals surface area contributed by atoms with Crippen molar-refractivity contribution in [1.29, 1.82) is 0 Å². The molecule has 0 spiro atoms. The number of halogens is 3. The van der Waals surface area contributed by atoms with Crippen LogP contribution in [0, 0.1) is 0 Å². The Balaban J connectivity index is 2.89. The van der Waals surface area contributed by atoms with Gasteiger partial charge in [-0.2, -0.15) is 13.2 Å². The predicted molar refractivity (Wildman–Crippen MR) is 57.7 cm³/mol. The van der Waals surface area contributed by atoms with E-state index in [-0.39, 0.29) is 6.42 Å². The molecule has 18 heavy (non-hydrogen) atoms. The van der Waals surface area contributed by atoms with Crippen molar-refractivity contribution in [1.82, 2.24) is 4.98 Å². The van der Waals surface area contributed by atoms with Gasteiger partial charge >= 0.3 is 12.3 Å². The summed E-state index contributed by atoms with van der Waals surface area (Å²) in [6.45, 7) is 3.11. The third-order valence-corrected chi connectivity index (χ3v) is 2.13. The number of carbonyl (C=O) groups is 1. The maximum atomic E-state index is 12.5. The predicted octanol–water partition coefficient (Wildman–Crippen LogP) is 2.52. The van der Waals surface area contributed by atoms with Gasteiger partial charge in [-0.3, -0.25) is 4.98 Å². The minimum atomic E-state index is -4.45. The minimum absolute atomic E-state index is 0.0901. The summed E-state index contributed by atoms with van der Waals surface area (Å²) in [5, 5.41) is 0. The van der Waals surface area contributed by atoms with Crippen LogP contribution in [0.4, 0.5) is 18.0 Å². The average molecular weight is 262 g/mol. The van der Waals surface area contributed by atoms with Gasteiger partial charge in [-0.15, -0.1) is 0 Å². The number of carbonyl (C=O) groups excluding carboxylic acids is 1. The first-order valence-electron chi connectivity index (χ1n) is 5.10. The number of ether oxygens (including phenoxy) is 1. The summed E-state index contributed by atoms with van der Waals surface area (Å²) < 4.78 is 42.2. The lowest BCUT2D eigenvalue weighted by Crippen LogP contribution is -2.33. The maximum absolute atomic E-state index is 12.5. The third kappa shape index (κ3) is 4.23. The molecule has 0 aliphatic rings. The fourth-order valence-corrected chi connectivity index (χ4v) is 1.54. The average Bonchev–Trinajstić information content (AvgIpc) is 2.13. The Morgan fingerprint density at radius 3 is 2.50 bits per heavy atom. The molecule has 0 saturated carbocycles. The molecule has 0 atom stereocenters. The normalized spacial score (nSPS) is 12.3. The number of primary amides is 1. The molecule has 0 aliphatic heterocycles. The van der Waals surface area contributed by atoms with Gasteiger partial charge in [-0.1, -0.05) is 0 Å². The number of alkyl halides is 3. The van der Waals surface area contributed by atoms with E-state index in [2.05, 4.69) is 4.98 Å². The topological polar surface area (TPSA) is 65.2 Å². The second kappa shape index (κ2) is 4.83. The summed E-state index contributed by atoms with van der Waals surface area (Å²) in [6.07, 6.45) is -3.29. The molecule has 2 N–H and O–H groups in total. The highest BCUT2D eigenvalue weighted by atomic mass is 19.4. The quantitative estimate of drug-likeness (QED) is 0.910. The summed E-state index contributed by atoms with van der Waals surface area (Å²) in [6, 6.07) is 0.971. The second-order valence-corrected chi connectivity index (χ2v) is 4.44. The Morgan fingerprint density at radius 2 is 2.00 bits per heavy atom. The van der Waals surface area contributed by atoms with Gasteiger partial charge in [0.25, 0.3) is 0 Å². The molecule has 1 rings (SSSR count). The number of nitrogens with zero attached hydrogens (tertiary/aromatic N) is 1. The monoisotopic (exact) mass is 262 g/mol. The summed E-state index contributed by atoms with van der Waals surface area (Å²) in [5.41, 5.74) is 3.36. The van der Waals surface area contributed by atoms with Gasteiger partial charge in [0.2, 0.25) is 0 Å². The molecule has 1 heterocycles. The number of rotatable bonds is 3. The molecule has 0 radical (unpaired) electrons. The van der Waals surface area contributed by atoms with Crippen LogP contribution in [0.1, 0.15) is 25.0 Å². The standard InChI is InChI=1S/C11H13F3N2O2/c1-10(2,18-9(15)17)4-7-3-8(6-16-5-7)11(12,13)14/h3,5-6H,4H2,1-2H3,(H2,15,17). The van der Waals surface area contributed by atoms with E-state index >= 15 is 0 Å². The van der Waals surface area contributed by atoms with E-state index in [1.165, 1.54) is 6.20 Å². The number of nitrogens with two attached hydrogens (primary N) is 1. The molecule has 0 bridgehead atoms. The lowest BCUT2D eigenvalue weighted by Gasteiger charge is -2.24. The van der Waals surface area contributed by atoms with E-state index in [4.69, 9.17) is 10.5 Å².